The first-order valence-electron chi connectivity index (χ1n) is 7.23. The third kappa shape index (κ3) is 6.05. The number of nitrogens with one attached hydrogen (secondary N) is 2. The van der Waals surface area contributed by atoms with Crippen LogP contribution in [0, 0.1) is 13.8 Å². The van der Waals surface area contributed by atoms with Crippen LogP contribution in [0.4, 0.5) is 0 Å². The van der Waals surface area contributed by atoms with Crippen LogP contribution in [-0.2, 0) is 13.1 Å². The van der Waals surface area contributed by atoms with Gasteiger partial charge in [-0.1, -0.05) is 59.7 Å². The summed E-state index contributed by atoms with van der Waals surface area (Å²) in [4.78, 5) is 4.25. The van der Waals surface area contributed by atoms with Gasteiger partial charge in [-0.05, 0) is 25.0 Å². The maximum atomic E-state index is 4.25. The Morgan fingerprint density at radius 1 is 0.773 bits per heavy atom. The van der Waals surface area contributed by atoms with Crippen molar-refractivity contribution in [1.29, 1.82) is 0 Å². The molecule has 2 rings (SSSR count). The van der Waals surface area contributed by atoms with E-state index in [0.29, 0.717) is 0 Å². The molecule has 2 N–H and O–H groups in total. The molecule has 0 saturated carbocycles. The summed E-state index contributed by atoms with van der Waals surface area (Å²) in [5.41, 5.74) is 5.05. The lowest BCUT2D eigenvalue weighted by molar-refractivity contribution is 0.809. The fourth-order valence-electron chi connectivity index (χ4n) is 2.00. The summed E-state index contributed by atoms with van der Waals surface area (Å²) >= 11 is 0. The van der Waals surface area contributed by atoms with E-state index in [-0.39, 0.29) is 24.0 Å². The van der Waals surface area contributed by atoms with E-state index in [0.717, 1.165) is 19.0 Å². The number of aryl methyl sites for hydroxylation is 2. The minimum atomic E-state index is 0. The Morgan fingerprint density at radius 3 is 1.45 bits per heavy atom. The zero-order valence-corrected chi connectivity index (χ0v) is 15.7. The van der Waals surface area contributed by atoms with Gasteiger partial charge in [0.05, 0.1) is 0 Å². The number of hydrogen-bond acceptors (Lipinski definition) is 1. The van der Waals surface area contributed by atoms with Crippen molar-refractivity contribution in [2.75, 3.05) is 7.05 Å². The second-order valence-electron chi connectivity index (χ2n) is 5.25. The molecule has 0 spiro atoms. The van der Waals surface area contributed by atoms with Crippen LogP contribution in [0.3, 0.4) is 0 Å². The van der Waals surface area contributed by atoms with Crippen LogP contribution in [0.5, 0.6) is 0 Å². The van der Waals surface area contributed by atoms with Crippen molar-refractivity contribution >= 4 is 29.9 Å². The molecule has 0 bridgehead atoms. The first kappa shape index (κ1) is 18.5. The van der Waals surface area contributed by atoms with Gasteiger partial charge >= 0.3 is 0 Å². The quantitative estimate of drug-likeness (QED) is 0.458. The van der Waals surface area contributed by atoms with E-state index in [9.17, 15) is 0 Å². The minimum absolute atomic E-state index is 0. The number of aliphatic imine (C=N–C) groups is 1. The van der Waals surface area contributed by atoms with E-state index < -0.39 is 0 Å². The smallest absolute Gasteiger partial charge is 0.191 e. The fourth-order valence-corrected chi connectivity index (χ4v) is 2.00. The summed E-state index contributed by atoms with van der Waals surface area (Å²) in [7, 11) is 1.79. The van der Waals surface area contributed by atoms with E-state index in [2.05, 4.69) is 78.0 Å². The predicted molar refractivity (Wildman–Crippen MR) is 105 cm³/mol. The van der Waals surface area contributed by atoms with Gasteiger partial charge in [0.25, 0.3) is 0 Å². The second-order valence-corrected chi connectivity index (χ2v) is 5.25. The maximum absolute atomic E-state index is 4.25. The molecule has 4 heteroatoms. The summed E-state index contributed by atoms with van der Waals surface area (Å²) in [6, 6.07) is 17.0. The van der Waals surface area contributed by atoms with Crippen molar-refractivity contribution < 1.29 is 0 Å². The normalized spacial score (nSPS) is 9.59. The molecule has 0 unspecified atom stereocenters. The SMILES string of the molecule is CN=C(NCc1ccc(C)cc1)NCc1ccc(C)cc1.I. The first-order valence-corrected chi connectivity index (χ1v) is 7.23. The van der Waals surface area contributed by atoms with Gasteiger partial charge in [-0.15, -0.1) is 24.0 Å². The Labute approximate surface area is 150 Å². The molecule has 0 aromatic heterocycles. The van der Waals surface area contributed by atoms with Crippen LogP contribution < -0.4 is 10.6 Å². The highest BCUT2D eigenvalue weighted by atomic mass is 127. The average molecular weight is 409 g/mol. The lowest BCUT2D eigenvalue weighted by Gasteiger charge is -2.12. The average Bonchev–Trinajstić information content (AvgIpc) is 2.51. The molecule has 0 heterocycles. The molecule has 0 radical (unpaired) electrons. The molecule has 2 aromatic carbocycles. The van der Waals surface area contributed by atoms with Crippen LogP contribution >= 0.6 is 24.0 Å². The van der Waals surface area contributed by atoms with Crippen LogP contribution in [0.25, 0.3) is 0 Å². The molecule has 118 valence electrons. The zero-order chi connectivity index (χ0) is 15.1. The Kier molecular flexibility index (Phi) is 7.95. The summed E-state index contributed by atoms with van der Waals surface area (Å²) < 4.78 is 0. The summed E-state index contributed by atoms with van der Waals surface area (Å²) in [5.74, 6) is 0.816. The molecule has 0 saturated heterocycles. The van der Waals surface area contributed by atoms with Crippen molar-refractivity contribution in [3.63, 3.8) is 0 Å². The fraction of sp³-hybridized carbons (Fsp3) is 0.278. The third-order valence-electron chi connectivity index (χ3n) is 3.38. The number of guanidine groups is 1. The number of hydrogen-bond donors (Lipinski definition) is 2. The van der Waals surface area contributed by atoms with Gasteiger partial charge in [0.15, 0.2) is 5.96 Å². The highest BCUT2D eigenvalue weighted by Gasteiger charge is 1.99. The lowest BCUT2D eigenvalue weighted by Crippen LogP contribution is -2.36. The van der Waals surface area contributed by atoms with Gasteiger partial charge in [-0.2, -0.15) is 0 Å². The van der Waals surface area contributed by atoms with Crippen LogP contribution in [0.1, 0.15) is 22.3 Å². The largest absolute Gasteiger partial charge is 0.352 e. The monoisotopic (exact) mass is 409 g/mol. The maximum Gasteiger partial charge on any atom is 0.191 e. The van der Waals surface area contributed by atoms with Gasteiger partial charge in [0.2, 0.25) is 0 Å². The Hall–Kier alpha value is -1.56. The van der Waals surface area contributed by atoms with E-state index >= 15 is 0 Å². The molecular formula is C18H24IN3. The summed E-state index contributed by atoms with van der Waals surface area (Å²) in [5, 5.41) is 6.65. The Morgan fingerprint density at radius 2 is 1.14 bits per heavy atom. The molecule has 2 aromatic rings. The number of benzene rings is 2. The predicted octanol–water partition coefficient (Wildman–Crippen LogP) is 3.79. The van der Waals surface area contributed by atoms with Crippen molar-refractivity contribution in [2.24, 2.45) is 4.99 Å². The van der Waals surface area contributed by atoms with E-state index in [1.165, 1.54) is 22.3 Å². The van der Waals surface area contributed by atoms with Crippen LogP contribution in [0.2, 0.25) is 0 Å². The topological polar surface area (TPSA) is 36.4 Å². The zero-order valence-electron chi connectivity index (χ0n) is 13.4. The molecule has 0 aliphatic heterocycles. The van der Waals surface area contributed by atoms with Crippen molar-refractivity contribution in [1.82, 2.24) is 10.6 Å². The van der Waals surface area contributed by atoms with Crippen LogP contribution in [0.15, 0.2) is 53.5 Å². The standard InChI is InChI=1S/C18H23N3.HI/c1-14-4-8-16(9-5-14)12-20-18(19-3)21-13-17-10-6-15(2)7-11-17;/h4-11H,12-13H2,1-3H3,(H2,19,20,21);1H. The van der Waals surface area contributed by atoms with Gasteiger partial charge in [0.1, 0.15) is 0 Å². The molecule has 3 nitrogen and oxygen atoms in total. The van der Waals surface area contributed by atoms with E-state index in [1.54, 1.807) is 7.05 Å². The molecule has 0 fully saturated rings. The van der Waals surface area contributed by atoms with Crippen molar-refractivity contribution in [2.45, 2.75) is 26.9 Å². The number of halogens is 1. The first-order chi connectivity index (χ1) is 10.2. The molecule has 0 atom stereocenters. The van der Waals surface area contributed by atoms with Crippen LogP contribution in [-0.4, -0.2) is 13.0 Å². The molecule has 0 amide bonds. The lowest BCUT2D eigenvalue weighted by atomic mass is 10.1. The number of rotatable bonds is 4. The van der Waals surface area contributed by atoms with Gasteiger partial charge in [-0.25, -0.2) is 0 Å². The summed E-state index contributed by atoms with van der Waals surface area (Å²) in [6.07, 6.45) is 0. The second kappa shape index (κ2) is 9.46. The molecule has 0 aliphatic rings. The van der Waals surface area contributed by atoms with Crippen molar-refractivity contribution in [3.8, 4) is 0 Å². The molecule has 22 heavy (non-hydrogen) atoms. The number of nitrogens with zero attached hydrogens (tertiary/aromatic N) is 1. The Balaban J connectivity index is 0.00000242. The highest BCUT2D eigenvalue weighted by Crippen LogP contribution is 2.03. The van der Waals surface area contributed by atoms with Gasteiger partial charge < -0.3 is 10.6 Å². The third-order valence-corrected chi connectivity index (χ3v) is 3.38. The summed E-state index contributed by atoms with van der Waals surface area (Å²) in [6.45, 7) is 5.74. The molecular weight excluding hydrogens is 385 g/mol. The van der Waals surface area contributed by atoms with Crippen molar-refractivity contribution in [3.05, 3.63) is 70.8 Å². The Bertz CT molecular complexity index is 537. The van der Waals surface area contributed by atoms with Gasteiger partial charge in [-0.3, -0.25) is 4.99 Å². The minimum Gasteiger partial charge on any atom is -0.352 e. The van der Waals surface area contributed by atoms with E-state index in [4.69, 9.17) is 0 Å². The van der Waals surface area contributed by atoms with E-state index in [1.807, 2.05) is 0 Å². The van der Waals surface area contributed by atoms with Gasteiger partial charge in [0, 0.05) is 20.1 Å². The highest BCUT2D eigenvalue weighted by molar-refractivity contribution is 14.0. The molecule has 0 aliphatic carbocycles.